The fourth-order valence-electron chi connectivity index (χ4n) is 19.9. The number of nitrogens with zero attached hydrogens (tertiary/aromatic N) is 8. The Morgan fingerprint density at radius 3 is 1.16 bits per heavy atom. The molecular formula is C108H62N8O. The molecule has 27 rings (SSSR count). The first kappa shape index (κ1) is 63.8. The van der Waals surface area contributed by atoms with Gasteiger partial charge in [-0.05, 0) is 179 Å². The Kier molecular flexibility index (Phi) is 13.3. The van der Waals surface area contributed by atoms with Crippen molar-refractivity contribution in [3.8, 4) is 68.0 Å². The summed E-state index contributed by atoms with van der Waals surface area (Å²) in [4.78, 5) is 21.9. The maximum absolute atomic E-state index is 6.37. The fraction of sp³-hybridized carbons (Fsp3) is 0. The van der Waals surface area contributed by atoms with Crippen molar-refractivity contribution >= 4 is 185 Å². The van der Waals surface area contributed by atoms with Crippen LogP contribution in [0.25, 0.3) is 253 Å². The molecule has 9 nitrogen and oxygen atoms in total. The number of aromatic nitrogens is 8. The second-order valence-electron chi connectivity index (χ2n) is 31.0. The van der Waals surface area contributed by atoms with Crippen molar-refractivity contribution in [1.82, 2.24) is 38.2 Å². The molecule has 0 amide bonds. The second kappa shape index (κ2) is 24.3. The minimum atomic E-state index is 0.619. The van der Waals surface area contributed by atoms with Crippen LogP contribution in [-0.2, 0) is 0 Å². The van der Waals surface area contributed by atoms with Gasteiger partial charge in [0, 0.05) is 75.8 Å². The molecule has 117 heavy (non-hydrogen) atoms. The van der Waals surface area contributed by atoms with Crippen LogP contribution in [0.5, 0.6) is 0 Å². The van der Waals surface area contributed by atoms with Crippen molar-refractivity contribution < 1.29 is 4.42 Å². The molecule has 0 spiro atoms. The lowest BCUT2D eigenvalue weighted by Crippen LogP contribution is -2.04. The Labute approximate surface area is 667 Å². The van der Waals surface area contributed by atoms with E-state index in [2.05, 4.69) is 382 Å². The monoisotopic (exact) mass is 1490 g/mol. The van der Waals surface area contributed by atoms with Gasteiger partial charge in [0.2, 0.25) is 11.9 Å². The topological polar surface area (TPSA) is 84.4 Å². The zero-order valence-electron chi connectivity index (χ0n) is 62.8. The highest BCUT2D eigenvalue weighted by atomic mass is 16.3. The number of hydrogen-bond donors (Lipinski definition) is 0. The van der Waals surface area contributed by atoms with E-state index < -0.39 is 0 Å². The van der Waals surface area contributed by atoms with E-state index in [1.807, 2.05) is 12.1 Å². The lowest BCUT2D eigenvalue weighted by atomic mass is 9.95. The summed E-state index contributed by atoms with van der Waals surface area (Å²) in [5, 5.41) is 26.0. The van der Waals surface area contributed by atoms with Crippen LogP contribution in [0.4, 0.5) is 0 Å². The van der Waals surface area contributed by atoms with Gasteiger partial charge in [0.15, 0.2) is 0 Å². The summed E-state index contributed by atoms with van der Waals surface area (Å²) in [7, 11) is 0. The third kappa shape index (κ3) is 9.18. The molecule has 0 aliphatic heterocycles. The van der Waals surface area contributed by atoms with E-state index in [1.54, 1.807) is 0 Å². The van der Waals surface area contributed by atoms with Gasteiger partial charge < -0.3 is 13.6 Å². The van der Waals surface area contributed by atoms with E-state index in [9.17, 15) is 0 Å². The van der Waals surface area contributed by atoms with E-state index in [0.29, 0.717) is 11.9 Å². The van der Waals surface area contributed by atoms with E-state index in [0.717, 1.165) is 127 Å². The molecule has 19 aromatic carbocycles. The Bertz CT molecular complexity index is 8850. The Balaban J connectivity index is 0.000000128. The summed E-state index contributed by atoms with van der Waals surface area (Å²) in [5.41, 5.74) is 23.7. The molecule has 7 aromatic heterocycles. The summed E-state index contributed by atoms with van der Waals surface area (Å²) in [6.45, 7) is 0. The summed E-state index contributed by atoms with van der Waals surface area (Å²) in [5.74, 6) is 1.27. The molecule has 0 fully saturated rings. The molecule has 0 unspecified atom stereocenters. The van der Waals surface area contributed by atoms with Gasteiger partial charge in [0.05, 0.1) is 77.9 Å². The Morgan fingerprint density at radius 1 is 0.188 bits per heavy atom. The summed E-state index contributed by atoms with van der Waals surface area (Å²) in [6, 6.07) is 135. The van der Waals surface area contributed by atoms with Gasteiger partial charge >= 0.3 is 0 Å². The van der Waals surface area contributed by atoms with Gasteiger partial charge in [-0.25, -0.2) is 19.9 Å². The lowest BCUT2D eigenvalue weighted by Gasteiger charge is -2.14. The number of rotatable bonds is 6. The van der Waals surface area contributed by atoms with E-state index in [4.69, 9.17) is 24.4 Å². The number of benzene rings is 19. The highest BCUT2D eigenvalue weighted by molar-refractivity contribution is 6.27. The first-order valence-electron chi connectivity index (χ1n) is 39.9. The zero-order chi connectivity index (χ0) is 76.2. The average Bonchev–Trinajstić information content (AvgIpc) is 1.55. The smallest absolute Gasteiger partial charge is 0.235 e. The molecule has 0 bridgehead atoms. The van der Waals surface area contributed by atoms with Gasteiger partial charge in [-0.15, -0.1) is 0 Å². The van der Waals surface area contributed by atoms with Gasteiger partial charge in [0.1, 0.15) is 11.2 Å². The highest BCUT2D eigenvalue weighted by Gasteiger charge is 2.29. The molecule has 0 saturated carbocycles. The third-order valence-corrected chi connectivity index (χ3v) is 24.9. The normalized spacial score (nSPS) is 12.3. The molecule has 0 saturated heterocycles. The summed E-state index contributed by atoms with van der Waals surface area (Å²) >= 11 is 0. The first-order chi connectivity index (χ1) is 58.0. The molecule has 26 aromatic rings. The van der Waals surface area contributed by atoms with Crippen LogP contribution in [0.1, 0.15) is 0 Å². The van der Waals surface area contributed by atoms with Crippen LogP contribution in [0.15, 0.2) is 381 Å². The van der Waals surface area contributed by atoms with Crippen molar-refractivity contribution in [2.24, 2.45) is 0 Å². The SMILES string of the molecule is c1ccc2c(c1)-c1cccc3c(-c4nc(-n5c6cc7ccccc7cc6c6c(-n7c8ccccc8c8c9ccccc9ccc87)cccc65)nc5ccccc45)ccc-2c13.c1ccc2cc3c(cc2c1)c1c(-n2c4ccccc4c4c5ccccc5ccc42)cccc1n3-c1nc(-c2ccc3c(c2)oc2ccccc23)c2ccccc2n1. The van der Waals surface area contributed by atoms with Crippen molar-refractivity contribution in [3.05, 3.63) is 376 Å². The van der Waals surface area contributed by atoms with Gasteiger partial charge in [-0.1, -0.05) is 273 Å². The van der Waals surface area contributed by atoms with E-state index in [-0.39, 0.29) is 0 Å². The van der Waals surface area contributed by atoms with Crippen LogP contribution in [0, 0.1) is 0 Å². The van der Waals surface area contributed by atoms with Crippen LogP contribution < -0.4 is 0 Å². The van der Waals surface area contributed by atoms with Crippen LogP contribution in [0.3, 0.4) is 0 Å². The van der Waals surface area contributed by atoms with Crippen molar-refractivity contribution in [3.63, 3.8) is 0 Å². The van der Waals surface area contributed by atoms with Gasteiger partial charge in [-0.3, -0.25) is 9.13 Å². The van der Waals surface area contributed by atoms with E-state index in [1.165, 1.54) is 114 Å². The lowest BCUT2D eigenvalue weighted by molar-refractivity contribution is 0.669. The largest absolute Gasteiger partial charge is 0.456 e. The molecule has 0 radical (unpaired) electrons. The van der Waals surface area contributed by atoms with Crippen molar-refractivity contribution in [2.45, 2.75) is 0 Å². The fourth-order valence-corrected chi connectivity index (χ4v) is 19.9. The van der Waals surface area contributed by atoms with Crippen molar-refractivity contribution in [2.75, 3.05) is 0 Å². The molecular weight excluding hydrogens is 1430 g/mol. The average molecular weight is 1490 g/mol. The minimum absolute atomic E-state index is 0.619. The van der Waals surface area contributed by atoms with E-state index >= 15 is 0 Å². The Morgan fingerprint density at radius 2 is 0.590 bits per heavy atom. The maximum Gasteiger partial charge on any atom is 0.235 e. The van der Waals surface area contributed by atoms with Crippen LogP contribution in [0.2, 0.25) is 0 Å². The van der Waals surface area contributed by atoms with Crippen molar-refractivity contribution in [1.29, 1.82) is 0 Å². The molecule has 1 aliphatic rings. The number of furan rings is 1. The maximum atomic E-state index is 6.37. The molecule has 7 heterocycles. The third-order valence-electron chi connectivity index (χ3n) is 24.9. The number of para-hydroxylation sites is 5. The molecule has 1 aliphatic carbocycles. The predicted molar refractivity (Wildman–Crippen MR) is 487 cm³/mol. The van der Waals surface area contributed by atoms with Crippen LogP contribution in [-0.4, -0.2) is 38.2 Å². The quantitative estimate of drug-likeness (QED) is 0.166. The highest BCUT2D eigenvalue weighted by Crippen LogP contribution is 2.52. The molecule has 0 N–H and O–H groups in total. The second-order valence-corrected chi connectivity index (χ2v) is 31.0. The number of fused-ring (bicyclic) bond motifs is 26. The van der Waals surface area contributed by atoms with Gasteiger partial charge in [0.25, 0.3) is 0 Å². The van der Waals surface area contributed by atoms with Crippen LogP contribution >= 0.6 is 0 Å². The predicted octanol–water partition coefficient (Wildman–Crippen LogP) is 28.3. The number of hydrogen-bond acceptors (Lipinski definition) is 5. The zero-order valence-corrected chi connectivity index (χ0v) is 62.8. The standard InChI is InChI=1S/C56H32N4.C52H30N4O/c1-2-15-35-32-51-45(31-34(35)14-1)54-48(59-47-24-10-8-20-44(47)53-36-16-4-3-13-33(36)27-30-50(53)59)25-12-26-49(54)60(51)56-57-46-23-9-7-19-43(46)55(58-56)42-29-28-41-38-18-6-5-17-37(38)39-21-11-22-40(42)52(39)41;1-2-14-33-29-46-40(28-32(33)13-1)50-43(55-42-20-9-6-18-39(42)49-35-15-4-3-12-31(35)25-27-45(49)55)21-11-22-44(50)56(46)52-53-41-19-8-5-17-38(41)51(54-52)34-24-26-37-36-16-7-10-23-47(36)57-48(37)30-34/h1-32H;1-30H. The summed E-state index contributed by atoms with van der Waals surface area (Å²) in [6.07, 6.45) is 0. The minimum Gasteiger partial charge on any atom is -0.456 e. The van der Waals surface area contributed by atoms with Gasteiger partial charge in [-0.2, -0.15) is 0 Å². The molecule has 540 valence electrons. The Hall–Kier alpha value is -15.8. The molecule has 9 heteroatoms. The summed E-state index contributed by atoms with van der Waals surface area (Å²) < 4.78 is 15.9. The molecule has 0 atom stereocenters. The first-order valence-corrected chi connectivity index (χ1v) is 39.9.